The minimum absolute atomic E-state index is 0.273. The first kappa shape index (κ1) is 25.0. The van der Waals surface area contributed by atoms with Gasteiger partial charge in [0.05, 0.1) is 17.3 Å². The third-order valence-electron chi connectivity index (χ3n) is 6.88. The van der Waals surface area contributed by atoms with Crippen molar-refractivity contribution in [2.45, 2.75) is 71.9 Å². The molecule has 3 N–H and O–H groups in total. The summed E-state index contributed by atoms with van der Waals surface area (Å²) >= 11 is 0. The molecule has 1 amide bonds. The highest BCUT2D eigenvalue weighted by atomic mass is 16.3. The van der Waals surface area contributed by atoms with E-state index in [-0.39, 0.29) is 11.9 Å². The van der Waals surface area contributed by atoms with Gasteiger partial charge in [0.2, 0.25) is 0 Å². The van der Waals surface area contributed by atoms with Gasteiger partial charge in [0, 0.05) is 24.5 Å². The summed E-state index contributed by atoms with van der Waals surface area (Å²) in [4.78, 5) is 17.4. The number of furan rings is 1. The van der Waals surface area contributed by atoms with Crippen LogP contribution in [0.25, 0.3) is 11.3 Å². The molecule has 0 aromatic carbocycles. The van der Waals surface area contributed by atoms with Gasteiger partial charge >= 0.3 is 0 Å². The Kier molecular flexibility index (Phi) is 7.31. The first-order chi connectivity index (χ1) is 16.7. The van der Waals surface area contributed by atoms with Crippen LogP contribution in [0.15, 0.2) is 41.3 Å². The molecule has 8 heteroatoms. The predicted molar refractivity (Wildman–Crippen MR) is 137 cm³/mol. The average Bonchev–Trinajstić information content (AvgIpc) is 3.47. The lowest BCUT2D eigenvalue weighted by Gasteiger charge is -2.31. The molecule has 3 heterocycles. The number of hydrogen-bond donors (Lipinski definition) is 3. The van der Waals surface area contributed by atoms with Gasteiger partial charge in [-0.25, -0.2) is 4.98 Å². The zero-order chi connectivity index (χ0) is 25.2. The number of aromatic nitrogens is 3. The molecule has 3 aromatic rings. The molecule has 0 unspecified atom stereocenters. The fraction of sp³-hybridized carbons (Fsp3) is 0.519. The number of amides is 1. The van der Waals surface area contributed by atoms with Crippen LogP contribution in [0.2, 0.25) is 0 Å². The fourth-order valence-electron chi connectivity index (χ4n) is 4.82. The lowest BCUT2D eigenvalue weighted by Crippen LogP contribution is -2.23. The normalized spacial score (nSPS) is 18.6. The van der Waals surface area contributed by atoms with Crippen LogP contribution < -0.4 is 10.6 Å². The summed E-state index contributed by atoms with van der Waals surface area (Å²) in [5.41, 5.74) is 1.02. The summed E-state index contributed by atoms with van der Waals surface area (Å²) in [5.74, 6) is 2.46. The van der Waals surface area contributed by atoms with Crippen molar-refractivity contribution in [2.75, 3.05) is 17.2 Å². The molecule has 0 aliphatic heterocycles. The van der Waals surface area contributed by atoms with Crippen LogP contribution in [0.1, 0.15) is 82.4 Å². The average molecular weight is 480 g/mol. The van der Waals surface area contributed by atoms with Crippen LogP contribution in [0, 0.1) is 11.8 Å². The van der Waals surface area contributed by atoms with E-state index in [9.17, 15) is 9.90 Å². The molecular formula is C27H37N5O3. The Hall–Kier alpha value is -3.13. The van der Waals surface area contributed by atoms with E-state index in [1.165, 1.54) is 19.1 Å². The predicted octanol–water partition coefficient (Wildman–Crippen LogP) is 5.84. The van der Waals surface area contributed by atoms with Gasteiger partial charge in [0.1, 0.15) is 29.1 Å². The van der Waals surface area contributed by atoms with Gasteiger partial charge in [-0.15, -0.1) is 0 Å². The standard InChI is InChI=1S/C27H37N5O3/c1-6-28-24-14-19(11-12-29-24)23-13-20(16-35-23)26(33)30-22-15-32(31-25(22)27(4,5)34)21-9-7-18(8-10-21)17(2)3/h11-18,21,34H,6-10H2,1-5H3,(H,28,29)(H,30,33)/t18-,21+. The second kappa shape index (κ2) is 10.2. The largest absolute Gasteiger partial charge is 0.464 e. The van der Waals surface area contributed by atoms with E-state index in [1.54, 1.807) is 26.1 Å². The number of hydrogen-bond acceptors (Lipinski definition) is 6. The SMILES string of the molecule is CCNc1cc(-c2cc(C(=O)Nc3cn([C@H]4CC[C@@H](C(C)C)CC4)nc3C(C)(C)O)co2)ccn1. The van der Waals surface area contributed by atoms with Gasteiger partial charge in [-0.3, -0.25) is 9.48 Å². The molecule has 0 atom stereocenters. The Morgan fingerprint density at radius 2 is 2.00 bits per heavy atom. The highest BCUT2D eigenvalue weighted by Crippen LogP contribution is 2.37. The number of anilines is 2. The van der Waals surface area contributed by atoms with E-state index in [4.69, 9.17) is 9.52 Å². The molecule has 4 rings (SSSR count). The molecule has 188 valence electrons. The van der Waals surface area contributed by atoms with Gasteiger partial charge in [0.15, 0.2) is 0 Å². The van der Waals surface area contributed by atoms with Crippen molar-refractivity contribution in [3.8, 4) is 11.3 Å². The topological polar surface area (TPSA) is 105 Å². The highest BCUT2D eigenvalue weighted by Gasteiger charge is 2.30. The summed E-state index contributed by atoms with van der Waals surface area (Å²) in [6, 6.07) is 5.71. The summed E-state index contributed by atoms with van der Waals surface area (Å²) in [7, 11) is 0. The van der Waals surface area contributed by atoms with Gasteiger partial charge in [-0.2, -0.15) is 5.10 Å². The van der Waals surface area contributed by atoms with Crippen molar-refractivity contribution in [3.63, 3.8) is 0 Å². The lowest BCUT2D eigenvalue weighted by molar-refractivity contribution is 0.0729. The summed E-state index contributed by atoms with van der Waals surface area (Å²) in [6.45, 7) is 10.7. The van der Waals surface area contributed by atoms with Crippen LogP contribution in [-0.4, -0.2) is 32.3 Å². The van der Waals surface area contributed by atoms with E-state index in [1.807, 2.05) is 29.9 Å². The minimum Gasteiger partial charge on any atom is -0.464 e. The Labute approximate surface area is 207 Å². The van der Waals surface area contributed by atoms with Crippen LogP contribution in [0.4, 0.5) is 11.5 Å². The van der Waals surface area contributed by atoms with E-state index in [2.05, 4.69) is 29.5 Å². The number of pyridine rings is 1. The van der Waals surface area contributed by atoms with Crippen molar-refractivity contribution >= 4 is 17.4 Å². The summed E-state index contributed by atoms with van der Waals surface area (Å²) in [6.07, 6.45) is 9.45. The van der Waals surface area contributed by atoms with Gasteiger partial charge in [-0.1, -0.05) is 13.8 Å². The molecular weight excluding hydrogens is 442 g/mol. The van der Waals surface area contributed by atoms with Crippen molar-refractivity contribution in [3.05, 3.63) is 48.1 Å². The molecule has 35 heavy (non-hydrogen) atoms. The summed E-state index contributed by atoms with van der Waals surface area (Å²) < 4.78 is 7.61. The van der Waals surface area contributed by atoms with Crippen LogP contribution in [0.3, 0.4) is 0 Å². The Morgan fingerprint density at radius 3 is 2.66 bits per heavy atom. The molecule has 0 radical (unpaired) electrons. The van der Waals surface area contributed by atoms with Crippen LogP contribution in [-0.2, 0) is 5.60 Å². The third-order valence-corrected chi connectivity index (χ3v) is 6.88. The van der Waals surface area contributed by atoms with Crippen LogP contribution in [0.5, 0.6) is 0 Å². The molecule has 8 nitrogen and oxygen atoms in total. The molecule has 3 aromatic heterocycles. The zero-order valence-electron chi connectivity index (χ0n) is 21.3. The van der Waals surface area contributed by atoms with Crippen molar-refractivity contribution in [1.29, 1.82) is 0 Å². The lowest BCUT2D eigenvalue weighted by atomic mass is 9.80. The molecule has 1 aliphatic carbocycles. The first-order valence-electron chi connectivity index (χ1n) is 12.6. The number of carbonyl (C=O) groups excluding carboxylic acids is 1. The quantitative estimate of drug-likeness (QED) is 0.375. The van der Waals surface area contributed by atoms with Crippen molar-refractivity contribution < 1.29 is 14.3 Å². The Bertz CT molecular complexity index is 1150. The minimum atomic E-state index is -1.19. The molecule has 1 fully saturated rings. The maximum atomic E-state index is 13.1. The van der Waals surface area contributed by atoms with Crippen LogP contribution >= 0.6 is 0 Å². The number of nitrogens with one attached hydrogen (secondary N) is 2. The number of rotatable bonds is 8. The van der Waals surface area contributed by atoms with E-state index in [0.29, 0.717) is 28.6 Å². The molecule has 1 saturated carbocycles. The van der Waals surface area contributed by atoms with E-state index in [0.717, 1.165) is 36.7 Å². The van der Waals surface area contributed by atoms with Gasteiger partial charge < -0.3 is 20.2 Å². The molecule has 0 bridgehead atoms. The number of carbonyl (C=O) groups is 1. The smallest absolute Gasteiger partial charge is 0.259 e. The fourth-order valence-corrected chi connectivity index (χ4v) is 4.82. The van der Waals surface area contributed by atoms with E-state index < -0.39 is 5.60 Å². The Balaban J connectivity index is 1.52. The maximum Gasteiger partial charge on any atom is 0.259 e. The number of aliphatic hydroxyl groups is 1. The highest BCUT2D eigenvalue weighted by molar-refractivity contribution is 6.05. The van der Waals surface area contributed by atoms with Gasteiger partial charge in [0.25, 0.3) is 5.91 Å². The van der Waals surface area contributed by atoms with Gasteiger partial charge in [-0.05, 0) is 76.5 Å². The Morgan fingerprint density at radius 1 is 1.26 bits per heavy atom. The van der Waals surface area contributed by atoms with Crippen molar-refractivity contribution in [1.82, 2.24) is 14.8 Å². The molecule has 0 saturated heterocycles. The second-order valence-corrected chi connectivity index (χ2v) is 10.4. The maximum absolute atomic E-state index is 13.1. The monoisotopic (exact) mass is 479 g/mol. The first-order valence-corrected chi connectivity index (χ1v) is 12.6. The van der Waals surface area contributed by atoms with Crippen molar-refractivity contribution in [2.24, 2.45) is 11.8 Å². The molecule has 1 aliphatic rings. The summed E-state index contributed by atoms with van der Waals surface area (Å²) in [5, 5.41) is 21.6. The molecule has 0 spiro atoms. The third kappa shape index (κ3) is 5.75. The zero-order valence-corrected chi connectivity index (χ0v) is 21.3. The van der Waals surface area contributed by atoms with E-state index >= 15 is 0 Å². The number of nitrogens with zero attached hydrogens (tertiary/aromatic N) is 3. The second-order valence-electron chi connectivity index (χ2n) is 10.4.